The van der Waals surface area contributed by atoms with E-state index in [9.17, 15) is 18.0 Å². The van der Waals surface area contributed by atoms with E-state index in [1.54, 1.807) is 37.2 Å². The molecule has 29 heavy (non-hydrogen) atoms. The Labute approximate surface area is 169 Å². The van der Waals surface area contributed by atoms with Gasteiger partial charge in [0.1, 0.15) is 10.6 Å². The van der Waals surface area contributed by atoms with Crippen LogP contribution in [0, 0.1) is 6.92 Å². The molecule has 0 radical (unpaired) electrons. The van der Waals surface area contributed by atoms with Gasteiger partial charge in [0.05, 0.1) is 22.9 Å². The Kier molecular flexibility index (Phi) is 4.84. The molecule has 1 unspecified atom stereocenters. The third-order valence-electron chi connectivity index (χ3n) is 5.14. The van der Waals surface area contributed by atoms with Gasteiger partial charge in [-0.05, 0) is 31.7 Å². The lowest BCUT2D eigenvalue weighted by molar-refractivity contribution is -0.142. The summed E-state index contributed by atoms with van der Waals surface area (Å²) in [6.45, 7) is 5.90. The number of thiazole rings is 1. The number of alkyl halides is 3. The average molecular weight is 423 g/mol. The predicted molar refractivity (Wildman–Crippen MR) is 102 cm³/mol. The molecule has 0 spiro atoms. The number of likely N-dealkylation sites (tertiary alicyclic amines) is 1. The van der Waals surface area contributed by atoms with E-state index >= 15 is 0 Å². The van der Waals surface area contributed by atoms with E-state index in [-0.39, 0.29) is 23.5 Å². The van der Waals surface area contributed by atoms with Gasteiger partial charge in [-0.1, -0.05) is 13.8 Å². The highest BCUT2D eigenvalue weighted by Gasteiger charge is 2.37. The molecule has 4 rings (SSSR count). The number of aromatic nitrogens is 4. The number of amides is 1. The smallest absolute Gasteiger partial charge is 0.329 e. The van der Waals surface area contributed by atoms with E-state index in [4.69, 9.17) is 0 Å². The number of carbonyl (C=O) groups excluding carboxylic acids is 1. The van der Waals surface area contributed by atoms with Crippen molar-refractivity contribution in [2.45, 2.75) is 51.7 Å². The number of halogens is 3. The summed E-state index contributed by atoms with van der Waals surface area (Å²) in [6, 6.07) is 2.23. The number of fused-ring (bicyclic) bond motifs is 1. The summed E-state index contributed by atoms with van der Waals surface area (Å²) in [7, 11) is 0. The van der Waals surface area contributed by atoms with Gasteiger partial charge in [0.2, 0.25) is 0 Å². The first-order valence-electron chi connectivity index (χ1n) is 9.35. The van der Waals surface area contributed by atoms with E-state index in [0.717, 1.165) is 17.0 Å². The first-order valence-corrected chi connectivity index (χ1v) is 10.2. The van der Waals surface area contributed by atoms with Gasteiger partial charge < -0.3 is 4.90 Å². The van der Waals surface area contributed by atoms with Crippen molar-refractivity contribution < 1.29 is 18.0 Å². The minimum atomic E-state index is -4.56. The molecule has 0 N–H and O–H groups in total. The van der Waals surface area contributed by atoms with Gasteiger partial charge in [0.15, 0.2) is 5.65 Å². The summed E-state index contributed by atoms with van der Waals surface area (Å²) in [4.78, 5) is 23.7. The lowest BCUT2D eigenvalue weighted by Crippen LogP contribution is -2.30. The number of hydrogen-bond donors (Lipinski definition) is 0. The van der Waals surface area contributed by atoms with Crippen LogP contribution >= 0.6 is 11.3 Å². The van der Waals surface area contributed by atoms with Crippen LogP contribution in [0.5, 0.6) is 0 Å². The van der Waals surface area contributed by atoms with Crippen LogP contribution in [0.25, 0.3) is 5.65 Å². The van der Waals surface area contributed by atoms with Gasteiger partial charge in [0.25, 0.3) is 5.91 Å². The summed E-state index contributed by atoms with van der Waals surface area (Å²) in [6.07, 6.45) is -3.15. The van der Waals surface area contributed by atoms with E-state index in [1.807, 2.05) is 0 Å². The molecule has 1 amide bonds. The van der Waals surface area contributed by atoms with Crippen LogP contribution in [0.15, 0.2) is 17.6 Å². The molecule has 1 fully saturated rings. The maximum Gasteiger partial charge on any atom is 0.433 e. The minimum absolute atomic E-state index is 0.145. The van der Waals surface area contributed by atoms with Crippen molar-refractivity contribution >= 4 is 22.9 Å². The summed E-state index contributed by atoms with van der Waals surface area (Å²) < 4.78 is 41.7. The highest BCUT2D eigenvalue weighted by atomic mass is 32.1. The maximum absolute atomic E-state index is 13.6. The summed E-state index contributed by atoms with van der Waals surface area (Å²) >= 11 is 1.27. The maximum atomic E-state index is 13.6. The van der Waals surface area contributed by atoms with E-state index < -0.39 is 11.9 Å². The SMILES string of the molecule is Cc1ncsc1C(=O)N1CCCC1c1cc2nc(C(C)C)cc(C(F)(F)F)n2n1. The lowest BCUT2D eigenvalue weighted by atomic mass is 10.1. The van der Waals surface area contributed by atoms with Gasteiger partial charge in [-0.15, -0.1) is 11.3 Å². The van der Waals surface area contributed by atoms with Gasteiger partial charge >= 0.3 is 6.18 Å². The van der Waals surface area contributed by atoms with Crippen LogP contribution in [0.4, 0.5) is 13.2 Å². The molecule has 154 valence electrons. The Hall–Kier alpha value is -2.49. The van der Waals surface area contributed by atoms with Gasteiger partial charge in [-0.2, -0.15) is 18.3 Å². The fourth-order valence-electron chi connectivity index (χ4n) is 3.63. The van der Waals surface area contributed by atoms with Crippen LogP contribution in [0.2, 0.25) is 0 Å². The zero-order valence-corrected chi connectivity index (χ0v) is 17.0. The van der Waals surface area contributed by atoms with Crippen molar-refractivity contribution in [2.24, 2.45) is 0 Å². The van der Waals surface area contributed by atoms with Crippen LogP contribution in [-0.4, -0.2) is 36.9 Å². The zero-order chi connectivity index (χ0) is 20.9. The highest BCUT2D eigenvalue weighted by Crippen LogP contribution is 2.36. The average Bonchev–Trinajstić information content (AvgIpc) is 3.37. The Morgan fingerprint density at radius 2 is 2.07 bits per heavy atom. The Bertz CT molecular complexity index is 1070. The zero-order valence-electron chi connectivity index (χ0n) is 16.2. The van der Waals surface area contributed by atoms with Crippen molar-refractivity contribution in [2.75, 3.05) is 6.54 Å². The van der Waals surface area contributed by atoms with Crippen molar-refractivity contribution in [3.63, 3.8) is 0 Å². The van der Waals surface area contributed by atoms with Crippen molar-refractivity contribution in [3.05, 3.63) is 45.3 Å². The second-order valence-corrected chi connectivity index (χ2v) is 8.34. The summed E-state index contributed by atoms with van der Waals surface area (Å²) in [5.74, 6) is -0.310. The van der Waals surface area contributed by atoms with Crippen LogP contribution in [-0.2, 0) is 6.18 Å². The molecule has 0 saturated carbocycles. The van der Waals surface area contributed by atoms with E-state index in [2.05, 4.69) is 15.1 Å². The summed E-state index contributed by atoms with van der Waals surface area (Å²) in [5.41, 5.74) is 2.35. The molecular weight excluding hydrogens is 403 g/mol. The van der Waals surface area contributed by atoms with Crippen LogP contribution in [0.1, 0.15) is 71.1 Å². The molecule has 0 aliphatic carbocycles. The molecule has 1 aliphatic heterocycles. The largest absolute Gasteiger partial charge is 0.433 e. The van der Waals surface area contributed by atoms with Crippen LogP contribution in [0.3, 0.4) is 0 Å². The fourth-order valence-corrected chi connectivity index (χ4v) is 4.38. The van der Waals surface area contributed by atoms with Crippen molar-refractivity contribution in [1.29, 1.82) is 0 Å². The molecule has 10 heteroatoms. The topological polar surface area (TPSA) is 63.4 Å². The molecule has 1 atom stereocenters. The predicted octanol–water partition coefficient (Wildman–Crippen LogP) is 4.61. The van der Waals surface area contributed by atoms with Gasteiger partial charge in [-0.3, -0.25) is 4.79 Å². The van der Waals surface area contributed by atoms with Crippen LogP contribution < -0.4 is 0 Å². The number of rotatable bonds is 3. The van der Waals surface area contributed by atoms with Crippen molar-refractivity contribution in [3.8, 4) is 0 Å². The number of aryl methyl sites for hydroxylation is 1. The molecular formula is C19H20F3N5OS. The monoisotopic (exact) mass is 423 g/mol. The normalized spacial score (nSPS) is 17.6. The first-order chi connectivity index (χ1) is 13.7. The second-order valence-electron chi connectivity index (χ2n) is 7.48. The highest BCUT2D eigenvalue weighted by molar-refractivity contribution is 7.11. The molecule has 4 heterocycles. The Morgan fingerprint density at radius 1 is 1.31 bits per heavy atom. The number of hydrogen-bond acceptors (Lipinski definition) is 5. The third kappa shape index (κ3) is 3.50. The molecule has 1 aliphatic rings. The molecule has 0 bridgehead atoms. The second kappa shape index (κ2) is 7.08. The molecule has 0 aromatic carbocycles. The summed E-state index contributed by atoms with van der Waals surface area (Å²) in [5, 5.41) is 4.23. The molecule has 3 aromatic heterocycles. The molecule has 1 saturated heterocycles. The Balaban J connectivity index is 1.77. The standard InChI is InChI=1S/C19H20F3N5OS/c1-10(2)12-7-15(19(20,21)22)27-16(24-12)8-13(25-27)14-5-4-6-26(14)18(28)17-11(3)23-9-29-17/h7-10,14H,4-6H2,1-3H3. The quantitative estimate of drug-likeness (QED) is 0.617. The molecule has 3 aromatic rings. The first kappa shape index (κ1) is 19.8. The molecule has 6 nitrogen and oxygen atoms in total. The Morgan fingerprint density at radius 3 is 2.69 bits per heavy atom. The fraction of sp³-hybridized carbons (Fsp3) is 0.474. The van der Waals surface area contributed by atoms with Gasteiger partial charge in [-0.25, -0.2) is 14.5 Å². The van der Waals surface area contributed by atoms with Crippen molar-refractivity contribution in [1.82, 2.24) is 24.5 Å². The number of carbonyl (C=O) groups is 1. The lowest BCUT2D eigenvalue weighted by Gasteiger charge is -2.22. The third-order valence-corrected chi connectivity index (χ3v) is 6.06. The van der Waals surface area contributed by atoms with Gasteiger partial charge in [0, 0.05) is 18.3 Å². The minimum Gasteiger partial charge on any atom is -0.329 e. The van der Waals surface area contributed by atoms with E-state index in [0.29, 0.717) is 34.9 Å². The number of nitrogens with zero attached hydrogens (tertiary/aromatic N) is 5. The van der Waals surface area contributed by atoms with E-state index in [1.165, 1.54) is 11.3 Å².